The molecule has 2 heterocycles. The molecule has 0 bridgehead atoms. The highest BCUT2D eigenvalue weighted by molar-refractivity contribution is 6.30. The van der Waals surface area contributed by atoms with Gasteiger partial charge in [0.2, 0.25) is 0 Å². The molecular formula is C27H24ClN5O. The van der Waals surface area contributed by atoms with Crippen LogP contribution in [0, 0.1) is 16.7 Å². The topological polar surface area (TPSA) is 98.8 Å². The summed E-state index contributed by atoms with van der Waals surface area (Å²) in [5.41, 5.74) is 10.8. The quantitative estimate of drug-likeness (QED) is 0.514. The number of allylic oxidation sites excluding steroid dienone is 3. The molecule has 7 heteroatoms. The lowest BCUT2D eigenvalue weighted by atomic mass is 9.68. The molecule has 2 aliphatic rings. The van der Waals surface area contributed by atoms with Crippen LogP contribution in [0.3, 0.4) is 0 Å². The number of H-pyrrole nitrogens is 1. The largest absolute Gasteiger partial charge is 0.384 e. The van der Waals surface area contributed by atoms with Crippen LogP contribution in [0.2, 0.25) is 5.02 Å². The Kier molecular flexibility index (Phi) is 5.30. The fourth-order valence-corrected chi connectivity index (χ4v) is 5.08. The molecule has 2 aromatic carbocycles. The van der Waals surface area contributed by atoms with Gasteiger partial charge in [-0.2, -0.15) is 10.4 Å². The summed E-state index contributed by atoms with van der Waals surface area (Å²) in [6.45, 7) is 4.15. The summed E-state index contributed by atoms with van der Waals surface area (Å²) in [5, 5.41) is 18.4. The molecule has 3 aromatic rings. The first-order chi connectivity index (χ1) is 16.3. The fourth-order valence-electron chi connectivity index (χ4n) is 4.95. The maximum absolute atomic E-state index is 13.5. The average Bonchev–Trinajstić information content (AvgIpc) is 3.28. The van der Waals surface area contributed by atoms with E-state index in [9.17, 15) is 10.1 Å². The molecule has 3 N–H and O–H groups in total. The number of nitrogens with two attached hydrogens (primary N) is 1. The number of nitrogens with one attached hydrogen (secondary N) is 1. The van der Waals surface area contributed by atoms with Gasteiger partial charge in [0.1, 0.15) is 5.82 Å². The zero-order chi connectivity index (χ0) is 24.0. The Balaban J connectivity index is 1.69. The molecule has 0 saturated heterocycles. The van der Waals surface area contributed by atoms with E-state index in [1.165, 1.54) is 0 Å². The second-order valence-corrected chi connectivity index (χ2v) is 9.97. The Morgan fingerprint density at radius 1 is 1.15 bits per heavy atom. The molecular weight excluding hydrogens is 446 g/mol. The summed E-state index contributed by atoms with van der Waals surface area (Å²) in [7, 11) is 0. The lowest BCUT2D eigenvalue weighted by molar-refractivity contribution is -0.118. The minimum absolute atomic E-state index is 0.0406. The van der Waals surface area contributed by atoms with Crippen molar-refractivity contribution in [3.05, 3.63) is 93.9 Å². The summed E-state index contributed by atoms with van der Waals surface area (Å²) in [6.07, 6.45) is 1.05. The van der Waals surface area contributed by atoms with Crippen LogP contribution >= 0.6 is 11.6 Å². The van der Waals surface area contributed by atoms with Crippen molar-refractivity contribution in [2.24, 2.45) is 11.1 Å². The predicted molar refractivity (Wildman–Crippen MR) is 133 cm³/mol. The van der Waals surface area contributed by atoms with Crippen LogP contribution in [0.1, 0.15) is 38.2 Å². The first kappa shape index (κ1) is 22.0. The number of aromatic amines is 1. The molecule has 0 amide bonds. The van der Waals surface area contributed by atoms with Gasteiger partial charge < -0.3 is 5.73 Å². The van der Waals surface area contributed by atoms with E-state index in [1.54, 1.807) is 4.90 Å². The van der Waals surface area contributed by atoms with Gasteiger partial charge in [-0.15, -0.1) is 0 Å². The third kappa shape index (κ3) is 3.68. The van der Waals surface area contributed by atoms with Gasteiger partial charge in [0.05, 0.1) is 23.3 Å². The Morgan fingerprint density at radius 3 is 2.53 bits per heavy atom. The Morgan fingerprint density at radius 2 is 1.85 bits per heavy atom. The van der Waals surface area contributed by atoms with Crippen LogP contribution < -0.4 is 10.6 Å². The third-order valence-corrected chi connectivity index (χ3v) is 6.71. The highest BCUT2D eigenvalue weighted by Crippen LogP contribution is 2.50. The number of benzene rings is 2. The Bertz CT molecular complexity index is 1380. The minimum Gasteiger partial charge on any atom is -0.384 e. The number of hydrogen-bond donors (Lipinski definition) is 2. The number of ketones is 1. The molecule has 5 rings (SSSR count). The predicted octanol–water partition coefficient (Wildman–Crippen LogP) is 5.67. The van der Waals surface area contributed by atoms with Crippen LogP contribution in [0.4, 0.5) is 5.82 Å². The summed E-state index contributed by atoms with van der Waals surface area (Å²) in [6, 6.07) is 21.2. The van der Waals surface area contributed by atoms with Crippen LogP contribution in [0.25, 0.3) is 11.3 Å². The number of aromatic nitrogens is 2. The summed E-state index contributed by atoms with van der Waals surface area (Å²) >= 11 is 6.03. The van der Waals surface area contributed by atoms with Crippen LogP contribution in [-0.2, 0) is 4.79 Å². The van der Waals surface area contributed by atoms with Gasteiger partial charge in [-0.3, -0.25) is 14.8 Å². The van der Waals surface area contributed by atoms with Crippen molar-refractivity contribution in [1.82, 2.24) is 10.2 Å². The number of hydrogen-bond acceptors (Lipinski definition) is 5. The van der Waals surface area contributed by atoms with E-state index < -0.39 is 5.92 Å². The highest BCUT2D eigenvalue weighted by atomic mass is 35.5. The van der Waals surface area contributed by atoms with Gasteiger partial charge >= 0.3 is 0 Å². The first-order valence-electron chi connectivity index (χ1n) is 11.1. The van der Waals surface area contributed by atoms with E-state index in [1.807, 2.05) is 60.7 Å². The van der Waals surface area contributed by atoms with Crippen LogP contribution in [0.15, 0.2) is 83.3 Å². The molecule has 34 heavy (non-hydrogen) atoms. The molecule has 0 radical (unpaired) electrons. The van der Waals surface area contributed by atoms with E-state index >= 15 is 0 Å². The molecule has 0 spiro atoms. The third-order valence-electron chi connectivity index (χ3n) is 6.46. The average molecular weight is 470 g/mol. The Hall–Kier alpha value is -3.82. The molecule has 1 unspecified atom stereocenters. The SMILES string of the molecule is CC1(C)CC(=O)C2=C(C1)N(c1cc(-c3ccc(Cl)cc3)[nH]n1)C(N)=C(C#N)C2c1ccccc1. The van der Waals surface area contributed by atoms with Gasteiger partial charge in [-0.05, 0) is 35.1 Å². The number of nitrogens with zero attached hydrogens (tertiary/aromatic N) is 3. The Labute approximate surface area is 203 Å². The van der Waals surface area contributed by atoms with Gasteiger partial charge in [-0.1, -0.05) is 67.9 Å². The molecule has 1 aliphatic carbocycles. The molecule has 1 aromatic heterocycles. The zero-order valence-electron chi connectivity index (χ0n) is 19.0. The van der Waals surface area contributed by atoms with Gasteiger partial charge in [0.25, 0.3) is 0 Å². The smallest absolute Gasteiger partial charge is 0.162 e. The summed E-state index contributed by atoms with van der Waals surface area (Å²) in [4.78, 5) is 15.3. The maximum atomic E-state index is 13.5. The zero-order valence-corrected chi connectivity index (χ0v) is 19.7. The summed E-state index contributed by atoms with van der Waals surface area (Å²) in [5.74, 6) is 0.393. The van der Waals surface area contributed by atoms with E-state index in [4.69, 9.17) is 17.3 Å². The van der Waals surface area contributed by atoms with Crippen LogP contribution in [0.5, 0.6) is 0 Å². The normalized spacial score (nSPS) is 19.8. The first-order valence-corrected chi connectivity index (χ1v) is 11.5. The van der Waals surface area contributed by atoms with Crippen molar-refractivity contribution in [1.29, 1.82) is 5.26 Å². The van der Waals surface area contributed by atoms with Crippen molar-refractivity contribution >= 4 is 23.2 Å². The number of anilines is 1. The standard InChI is InChI=1S/C27H24ClN5O/c1-27(2)13-21-25(22(34)14-27)24(17-6-4-3-5-7-17)19(15-29)26(30)33(21)23-12-20(31-32-23)16-8-10-18(28)11-9-16/h3-12,24H,13-14,30H2,1-2H3,(H,31,32). The molecule has 1 atom stereocenters. The van der Waals surface area contributed by atoms with Crippen molar-refractivity contribution in [3.63, 3.8) is 0 Å². The molecule has 1 aliphatic heterocycles. The second kappa shape index (κ2) is 8.19. The van der Waals surface area contributed by atoms with Gasteiger partial charge in [0.15, 0.2) is 11.6 Å². The second-order valence-electron chi connectivity index (χ2n) is 9.54. The monoisotopic (exact) mass is 469 g/mol. The van der Waals surface area contributed by atoms with E-state index in [0.29, 0.717) is 40.6 Å². The number of halogens is 1. The number of Topliss-reactive ketones (excluding diaryl/α,β-unsaturated/α-hetero) is 1. The van der Waals surface area contributed by atoms with E-state index in [0.717, 1.165) is 22.5 Å². The molecule has 6 nitrogen and oxygen atoms in total. The van der Waals surface area contributed by atoms with E-state index in [-0.39, 0.29) is 11.2 Å². The maximum Gasteiger partial charge on any atom is 0.162 e. The number of carbonyl (C=O) groups is 1. The fraction of sp³-hybridized carbons (Fsp3) is 0.222. The van der Waals surface area contributed by atoms with Crippen molar-refractivity contribution in [2.45, 2.75) is 32.6 Å². The van der Waals surface area contributed by atoms with Crippen molar-refractivity contribution in [3.8, 4) is 17.3 Å². The number of rotatable bonds is 3. The number of nitriles is 1. The van der Waals surface area contributed by atoms with Gasteiger partial charge in [0, 0.05) is 28.8 Å². The molecule has 0 fully saturated rings. The highest BCUT2D eigenvalue weighted by Gasteiger charge is 2.45. The van der Waals surface area contributed by atoms with Crippen LogP contribution in [-0.4, -0.2) is 16.0 Å². The molecule has 0 saturated carbocycles. The van der Waals surface area contributed by atoms with Crippen molar-refractivity contribution in [2.75, 3.05) is 4.90 Å². The molecule has 170 valence electrons. The lowest BCUT2D eigenvalue weighted by Gasteiger charge is -2.42. The van der Waals surface area contributed by atoms with Crippen molar-refractivity contribution < 1.29 is 4.79 Å². The lowest BCUT2D eigenvalue weighted by Crippen LogP contribution is -2.42. The van der Waals surface area contributed by atoms with Gasteiger partial charge in [-0.25, -0.2) is 0 Å². The minimum atomic E-state index is -0.490. The summed E-state index contributed by atoms with van der Waals surface area (Å²) < 4.78 is 0. The number of carbonyl (C=O) groups excluding carboxylic acids is 1. The van der Waals surface area contributed by atoms with E-state index in [2.05, 4.69) is 30.1 Å².